The van der Waals surface area contributed by atoms with Gasteiger partial charge in [0.1, 0.15) is 0 Å². The minimum Gasteiger partial charge on any atom is -0.463 e. The van der Waals surface area contributed by atoms with E-state index in [9.17, 15) is 0 Å². The number of aromatic nitrogens is 3. The van der Waals surface area contributed by atoms with Crippen molar-refractivity contribution >= 4 is 5.95 Å². The van der Waals surface area contributed by atoms with Crippen molar-refractivity contribution in [2.75, 3.05) is 25.6 Å². The van der Waals surface area contributed by atoms with Crippen LogP contribution in [0.5, 0.6) is 12.0 Å². The van der Waals surface area contributed by atoms with E-state index in [-0.39, 0.29) is 5.41 Å². The fourth-order valence-electron chi connectivity index (χ4n) is 1.22. The third kappa shape index (κ3) is 6.22. The highest BCUT2D eigenvalue weighted by atomic mass is 16.5. The lowest BCUT2D eigenvalue weighted by Crippen LogP contribution is -2.13. The molecule has 0 unspecified atom stereocenters. The van der Waals surface area contributed by atoms with E-state index >= 15 is 0 Å². The Balaban J connectivity index is 2.65. The van der Waals surface area contributed by atoms with Crippen LogP contribution in [0.1, 0.15) is 40.5 Å². The Labute approximate surface area is 115 Å². The van der Waals surface area contributed by atoms with Crippen LogP contribution in [0.25, 0.3) is 0 Å². The molecule has 1 rings (SSSR count). The molecule has 1 aromatic heterocycles. The highest BCUT2D eigenvalue weighted by molar-refractivity contribution is 5.26. The second-order valence-corrected chi connectivity index (χ2v) is 5.48. The molecule has 1 aromatic rings. The van der Waals surface area contributed by atoms with E-state index < -0.39 is 0 Å². The second-order valence-electron chi connectivity index (χ2n) is 5.48. The first-order chi connectivity index (χ1) is 8.94. The van der Waals surface area contributed by atoms with Gasteiger partial charge < -0.3 is 14.8 Å². The molecular weight excluding hydrogens is 244 g/mol. The Morgan fingerprint density at radius 1 is 1.00 bits per heavy atom. The fraction of sp³-hybridized carbons (Fsp3) is 0.769. The normalized spacial score (nSPS) is 11.2. The van der Waals surface area contributed by atoms with Gasteiger partial charge in [0.2, 0.25) is 5.95 Å². The van der Waals surface area contributed by atoms with E-state index in [4.69, 9.17) is 9.47 Å². The molecule has 1 heterocycles. The van der Waals surface area contributed by atoms with E-state index in [0.717, 1.165) is 12.8 Å². The van der Waals surface area contributed by atoms with Crippen molar-refractivity contribution in [1.82, 2.24) is 15.0 Å². The summed E-state index contributed by atoms with van der Waals surface area (Å²) in [5.41, 5.74) is 0.223. The summed E-state index contributed by atoms with van der Waals surface area (Å²) >= 11 is 0. The van der Waals surface area contributed by atoms with Crippen LogP contribution in [0.15, 0.2) is 0 Å². The summed E-state index contributed by atoms with van der Waals surface area (Å²) in [7, 11) is 1.75. The Morgan fingerprint density at radius 2 is 1.58 bits per heavy atom. The van der Waals surface area contributed by atoms with Gasteiger partial charge in [0, 0.05) is 7.05 Å². The van der Waals surface area contributed by atoms with Gasteiger partial charge in [-0.2, -0.15) is 9.97 Å². The minimum atomic E-state index is 0.223. The molecule has 0 amide bonds. The van der Waals surface area contributed by atoms with Crippen LogP contribution in [-0.4, -0.2) is 35.2 Å². The van der Waals surface area contributed by atoms with E-state index in [1.807, 2.05) is 6.92 Å². The van der Waals surface area contributed by atoms with E-state index in [2.05, 4.69) is 41.0 Å². The summed E-state index contributed by atoms with van der Waals surface area (Å²) in [6.45, 7) is 9.68. The van der Waals surface area contributed by atoms with Crippen molar-refractivity contribution in [1.29, 1.82) is 0 Å². The Morgan fingerprint density at radius 3 is 2.05 bits per heavy atom. The molecule has 0 aliphatic carbocycles. The molecule has 19 heavy (non-hydrogen) atoms. The van der Waals surface area contributed by atoms with Crippen LogP contribution in [0.3, 0.4) is 0 Å². The van der Waals surface area contributed by atoms with Crippen molar-refractivity contribution in [2.45, 2.75) is 40.5 Å². The third-order valence-corrected chi connectivity index (χ3v) is 2.34. The maximum atomic E-state index is 5.56. The average Bonchev–Trinajstić information content (AvgIpc) is 2.34. The summed E-state index contributed by atoms with van der Waals surface area (Å²) in [5.74, 6) is 0.451. The Bertz CT molecular complexity index is 391. The molecule has 0 fully saturated rings. The number of anilines is 1. The van der Waals surface area contributed by atoms with Gasteiger partial charge in [-0.1, -0.05) is 27.7 Å². The zero-order chi connectivity index (χ0) is 14.3. The van der Waals surface area contributed by atoms with Crippen LogP contribution >= 0.6 is 0 Å². The van der Waals surface area contributed by atoms with Gasteiger partial charge in [-0.3, -0.25) is 0 Å². The molecule has 0 aromatic carbocycles. The predicted octanol–water partition coefficient (Wildman–Crippen LogP) is 2.52. The van der Waals surface area contributed by atoms with Gasteiger partial charge in [-0.05, 0) is 18.3 Å². The highest BCUT2D eigenvalue weighted by Crippen LogP contribution is 2.19. The molecule has 108 valence electrons. The van der Waals surface area contributed by atoms with Crippen LogP contribution in [0.2, 0.25) is 0 Å². The quantitative estimate of drug-likeness (QED) is 0.819. The molecule has 0 aliphatic heterocycles. The van der Waals surface area contributed by atoms with Gasteiger partial charge in [0.15, 0.2) is 0 Å². The largest absolute Gasteiger partial charge is 0.463 e. The Hall–Kier alpha value is -1.59. The van der Waals surface area contributed by atoms with Gasteiger partial charge in [0.05, 0.1) is 13.2 Å². The molecule has 0 atom stereocenters. The molecule has 1 N–H and O–H groups in total. The van der Waals surface area contributed by atoms with Crippen LogP contribution in [0, 0.1) is 5.41 Å². The fourth-order valence-corrected chi connectivity index (χ4v) is 1.22. The topological polar surface area (TPSA) is 69.2 Å². The summed E-state index contributed by atoms with van der Waals surface area (Å²) in [6, 6.07) is 0.599. The molecule has 6 heteroatoms. The number of hydrogen-bond donors (Lipinski definition) is 1. The first-order valence-corrected chi connectivity index (χ1v) is 6.64. The zero-order valence-corrected chi connectivity index (χ0v) is 12.5. The predicted molar refractivity (Wildman–Crippen MR) is 74.7 cm³/mol. The summed E-state index contributed by atoms with van der Waals surface area (Å²) < 4.78 is 11.0. The molecule has 0 spiro atoms. The van der Waals surface area contributed by atoms with E-state index in [1.165, 1.54) is 0 Å². The van der Waals surface area contributed by atoms with E-state index in [0.29, 0.717) is 31.2 Å². The first kappa shape index (κ1) is 15.5. The standard InChI is InChI=1S/C13H24N4O2/c1-6-8-18-11-15-10(14-5)16-12(17-11)19-9-7-13(2,3)4/h6-9H2,1-5H3,(H,14,15,16,17). The molecular formula is C13H24N4O2. The lowest BCUT2D eigenvalue weighted by molar-refractivity contribution is 0.221. The number of nitrogens with zero attached hydrogens (tertiary/aromatic N) is 3. The number of rotatable bonds is 7. The molecule has 0 bridgehead atoms. The first-order valence-electron chi connectivity index (χ1n) is 6.64. The lowest BCUT2D eigenvalue weighted by Gasteiger charge is -2.17. The van der Waals surface area contributed by atoms with Crippen LogP contribution in [0.4, 0.5) is 5.95 Å². The number of nitrogens with one attached hydrogen (secondary N) is 1. The molecule has 0 saturated heterocycles. The maximum Gasteiger partial charge on any atom is 0.324 e. The van der Waals surface area contributed by atoms with Crippen molar-refractivity contribution in [3.63, 3.8) is 0 Å². The lowest BCUT2D eigenvalue weighted by atomic mass is 9.93. The molecule has 0 saturated carbocycles. The third-order valence-electron chi connectivity index (χ3n) is 2.34. The monoisotopic (exact) mass is 268 g/mol. The van der Waals surface area contributed by atoms with Crippen molar-refractivity contribution < 1.29 is 9.47 Å². The second kappa shape index (κ2) is 7.11. The van der Waals surface area contributed by atoms with Gasteiger partial charge in [-0.25, -0.2) is 0 Å². The molecule has 0 aliphatic rings. The number of ether oxygens (including phenoxy) is 2. The van der Waals surface area contributed by atoms with Gasteiger partial charge >= 0.3 is 12.0 Å². The van der Waals surface area contributed by atoms with Crippen molar-refractivity contribution in [2.24, 2.45) is 5.41 Å². The number of hydrogen-bond acceptors (Lipinski definition) is 6. The highest BCUT2D eigenvalue weighted by Gasteiger charge is 2.12. The Kier molecular flexibility index (Phi) is 5.79. The van der Waals surface area contributed by atoms with Crippen molar-refractivity contribution in [3.05, 3.63) is 0 Å². The van der Waals surface area contributed by atoms with Crippen molar-refractivity contribution in [3.8, 4) is 12.0 Å². The summed E-state index contributed by atoms with van der Waals surface area (Å²) in [5, 5.41) is 2.87. The SMILES string of the molecule is CCCOc1nc(NC)nc(OCCC(C)(C)C)n1. The molecule has 0 radical (unpaired) electrons. The van der Waals surface area contributed by atoms with E-state index in [1.54, 1.807) is 7.05 Å². The smallest absolute Gasteiger partial charge is 0.324 e. The maximum absolute atomic E-state index is 5.56. The van der Waals surface area contributed by atoms with Gasteiger partial charge in [-0.15, -0.1) is 4.98 Å². The van der Waals surface area contributed by atoms with Crippen LogP contribution < -0.4 is 14.8 Å². The average molecular weight is 268 g/mol. The summed E-state index contributed by atoms with van der Waals surface area (Å²) in [4.78, 5) is 12.4. The van der Waals surface area contributed by atoms with Crippen LogP contribution in [-0.2, 0) is 0 Å². The zero-order valence-electron chi connectivity index (χ0n) is 12.5. The minimum absolute atomic E-state index is 0.223. The molecule has 6 nitrogen and oxygen atoms in total. The summed E-state index contributed by atoms with van der Waals surface area (Å²) in [6.07, 6.45) is 1.83. The van der Waals surface area contributed by atoms with Gasteiger partial charge in [0.25, 0.3) is 0 Å².